The minimum atomic E-state index is -2.43. The zero-order chi connectivity index (χ0) is 45.9. The minimum Gasteiger partial charge on any atom is -0.507 e. The number of pyridine rings is 1. The van der Waals surface area contributed by atoms with Crippen LogP contribution < -0.4 is 0 Å². The Morgan fingerprint density at radius 3 is 2.10 bits per heavy atom. The third kappa shape index (κ3) is 7.36. The van der Waals surface area contributed by atoms with Crippen molar-refractivity contribution in [2.24, 2.45) is 0 Å². The van der Waals surface area contributed by atoms with Crippen LogP contribution in [0.15, 0.2) is 140 Å². The van der Waals surface area contributed by atoms with Gasteiger partial charge in [0.05, 0.1) is 22.3 Å². The van der Waals surface area contributed by atoms with Crippen LogP contribution in [0.5, 0.6) is 5.75 Å². The summed E-state index contributed by atoms with van der Waals surface area (Å²) in [6, 6.07) is 42.7. The molecule has 0 radical (unpaired) electrons. The summed E-state index contributed by atoms with van der Waals surface area (Å²) in [5.41, 5.74) is 12.5. The van der Waals surface area contributed by atoms with E-state index in [9.17, 15) is 5.11 Å². The lowest BCUT2D eigenvalue weighted by molar-refractivity contribution is 0.466. The van der Waals surface area contributed by atoms with Crippen LogP contribution in [0.3, 0.4) is 0 Å². The third-order valence-electron chi connectivity index (χ3n) is 11.1. The van der Waals surface area contributed by atoms with Crippen molar-refractivity contribution in [3.05, 3.63) is 167 Å². The Kier molecular flexibility index (Phi) is 8.35. The molecule has 2 aromatic heterocycles. The first-order chi connectivity index (χ1) is 30.2. The normalized spacial score (nSPS) is 13.9. The van der Waals surface area contributed by atoms with E-state index in [0.29, 0.717) is 28.2 Å². The van der Waals surface area contributed by atoms with E-state index in [-0.39, 0.29) is 34.1 Å². The van der Waals surface area contributed by atoms with Crippen LogP contribution in [0.2, 0.25) is 0 Å². The number of phenolic OH excluding ortho intramolecular Hbond substituents is 1. The zero-order valence-electron chi connectivity index (χ0n) is 40.2. The van der Waals surface area contributed by atoms with Crippen molar-refractivity contribution in [1.29, 1.82) is 0 Å². The van der Waals surface area contributed by atoms with Gasteiger partial charge in [0.25, 0.3) is 0 Å². The Hall–Kier alpha value is -6.26. The number of hydrogen-bond donors (Lipinski definition) is 1. The van der Waals surface area contributed by atoms with Crippen molar-refractivity contribution in [3.63, 3.8) is 0 Å². The Morgan fingerprint density at radius 1 is 0.621 bits per heavy atom. The topological polar surface area (TPSA) is 50.9 Å². The SMILES string of the molecule is [2H]C([2H])([2H])c1ccc(-c2ccnc(-c3cc(-c4cccc5c4nc(-c4cc(C(C)C)cc(C(C)C)c4O)n5-c4ccc(-c5ccccc5)c(C([2H])([2H])[2H])c4)cc(C(C)(C)C)c3)c2)cc1. The molecule has 4 heteroatoms. The van der Waals surface area contributed by atoms with E-state index in [1.165, 1.54) is 0 Å². The second kappa shape index (κ2) is 15.2. The molecule has 0 fully saturated rings. The average molecular weight is 766 g/mol. The molecule has 0 aliphatic rings. The first-order valence-electron chi connectivity index (χ1n) is 23.0. The highest BCUT2D eigenvalue weighted by Crippen LogP contribution is 2.43. The number of hydrogen-bond acceptors (Lipinski definition) is 3. The highest BCUT2D eigenvalue weighted by Gasteiger charge is 2.25. The molecule has 0 atom stereocenters. The van der Waals surface area contributed by atoms with Gasteiger partial charge in [-0.3, -0.25) is 9.55 Å². The molecule has 290 valence electrons. The average Bonchev–Trinajstić information content (AvgIpc) is 3.65. The molecular weight excluding hydrogens is 707 g/mol. The van der Waals surface area contributed by atoms with Crippen LogP contribution in [0, 0.1) is 13.7 Å². The summed E-state index contributed by atoms with van der Waals surface area (Å²) in [6.07, 6.45) is 1.78. The Bertz CT molecular complexity index is 3010. The monoisotopic (exact) mass is 765 g/mol. The molecule has 4 nitrogen and oxygen atoms in total. The van der Waals surface area contributed by atoms with Crippen molar-refractivity contribution < 1.29 is 13.3 Å². The van der Waals surface area contributed by atoms with Gasteiger partial charge < -0.3 is 5.11 Å². The maximum Gasteiger partial charge on any atom is 0.149 e. The first-order valence-corrected chi connectivity index (χ1v) is 20.0. The number of aromatic hydroxyl groups is 1. The van der Waals surface area contributed by atoms with Crippen LogP contribution >= 0.6 is 0 Å². The molecule has 0 unspecified atom stereocenters. The van der Waals surface area contributed by atoms with E-state index < -0.39 is 13.7 Å². The van der Waals surface area contributed by atoms with Gasteiger partial charge in [-0.05, 0) is 130 Å². The number of nitrogens with zero attached hydrogens (tertiary/aromatic N) is 3. The maximum atomic E-state index is 12.1. The largest absolute Gasteiger partial charge is 0.507 e. The summed E-state index contributed by atoms with van der Waals surface area (Å²) in [7, 11) is 0. The van der Waals surface area contributed by atoms with Crippen LogP contribution in [0.25, 0.3) is 72.7 Å². The van der Waals surface area contributed by atoms with Crippen LogP contribution in [-0.4, -0.2) is 19.6 Å². The molecule has 0 aliphatic carbocycles. The highest BCUT2D eigenvalue weighted by molar-refractivity contribution is 5.97. The lowest BCUT2D eigenvalue weighted by atomic mass is 9.83. The van der Waals surface area contributed by atoms with E-state index in [0.717, 1.165) is 61.3 Å². The van der Waals surface area contributed by atoms with Crippen molar-refractivity contribution in [2.45, 2.75) is 79.4 Å². The molecule has 0 bridgehead atoms. The quantitative estimate of drug-likeness (QED) is 0.168. The number of rotatable bonds is 8. The second-order valence-corrected chi connectivity index (χ2v) is 16.9. The van der Waals surface area contributed by atoms with Crippen molar-refractivity contribution in [1.82, 2.24) is 14.5 Å². The number of imidazole rings is 1. The molecule has 0 amide bonds. The number of para-hydroxylation sites is 1. The molecule has 6 aromatic carbocycles. The predicted molar refractivity (Wildman–Crippen MR) is 244 cm³/mol. The van der Waals surface area contributed by atoms with Crippen molar-refractivity contribution in [3.8, 4) is 67.5 Å². The number of fused-ring (bicyclic) bond motifs is 1. The fourth-order valence-electron chi connectivity index (χ4n) is 7.73. The molecule has 0 saturated heterocycles. The predicted octanol–water partition coefficient (Wildman–Crippen LogP) is 14.6. The van der Waals surface area contributed by atoms with Gasteiger partial charge in [-0.1, -0.05) is 139 Å². The fraction of sp³-hybridized carbons (Fsp3) is 0.222. The molecule has 0 spiro atoms. The van der Waals surface area contributed by atoms with Gasteiger partial charge >= 0.3 is 0 Å². The zero-order valence-corrected chi connectivity index (χ0v) is 34.2. The van der Waals surface area contributed by atoms with Crippen molar-refractivity contribution >= 4 is 11.0 Å². The molecule has 0 saturated carbocycles. The van der Waals surface area contributed by atoms with Crippen LogP contribution in [0.1, 0.15) is 96.3 Å². The Morgan fingerprint density at radius 2 is 1.40 bits per heavy atom. The molecule has 8 rings (SSSR count). The second-order valence-electron chi connectivity index (χ2n) is 16.9. The van der Waals surface area contributed by atoms with Gasteiger partial charge in [-0.25, -0.2) is 4.98 Å². The van der Waals surface area contributed by atoms with Gasteiger partial charge in [-0.15, -0.1) is 0 Å². The summed E-state index contributed by atoms with van der Waals surface area (Å²) in [6.45, 7) is 10.3. The van der Waals surface area contributed by atoms with Crippen LogP contribution in [0.4, 0.5) is 0 Å². The lowest BCUT2D eigenvalue weighted by Crippen LogP contribution is -2.11. The van der Waals surface area contributed by atoms with E-state index >= 15 is 0 Å². The number of phenols is 1. The standard InChI is InChI=1S/C54H53N3O/c1-33(2)40-30-47(34(3)4)52(58)48(31-40)53-56-51-46(16-13-17-50(51)57(53)44-22-23-45(36(6)26-44)38-14-11-10-12-15-38)41-27-42(29-43(28-41)54(7,8)9)49-32-39(24-25-55-49)37-20-18-35(5)19-21-37/h10-34,58H,1-9H3/i5D3,6D3. The van der Waals surface area contributed by atoms with Gasteiger partial charge in [0.2, 0.25) is 0 Å². The van der Waals surface area contributed by atoms with Gasteiger partial charge in [0.15, 0.2) is 0 Å². The van der Waals surface area contributed by atoms with E-state index in [1.54, 1.807) is 24.4 Å². The van der Waals surface area contributed by atoms with Gasteiger partial charge in [-0.2, -0.15) is 0 Å². The van der Waals surface area contributed by atoms with Gasteiger partial charge in [0, 0.05) is 31.2 Å². The molecular formula is C54H53N3O. The summed E-state index contributed by atoms with van der Waals surface area (Å²) in [5, 5.41) is 12.1. The molecule has 1 N–H and O–H groups in total. The number of aryl methyl sites for hydroxylation is 2. The Labute approximate surface area is 352 Å². The molecule has 2 heterocycles. The number of benzene rings is 6. The smallest absolute Gasteiger partial charge is 0.149 e. The van der Waals surface area contributed by atoms with Gasteiger partial charge in [0.1, 0.15) is 11.6 Å². The fourth-order valence-corrected chi connectivity index (χ4v) is 7.73. The van der Waals surface area contributed by atoms with Crippen molar-refractivity contribution in [2.75, 3.05) is 0 Å². The van der Waals surface area contributed by atoms with E-state index in [4.69, 9.17) is 18.2 Å². The molecule has 58 heavy (non-hydrogen) atoms. The Balaban J connectivity index is 1.38. The third-order valence-corrected chi connectivity index (χ3v) is 11.1. The lowest BCUT2D eigenvalue weighted by Gasteiger charge is -2.22. The molecule has 8 aromatic rings. The minimum absolute atomic E-state index is 0.0254. The summed E-state index contributed by atoms with van der Waals surface area (Å²) < 4.78 is 51.5. The molecule has 0 aliphatic heterocycles. The number of aromatic nitrogens is 3. The first kappa shape index (κ1) is 31.8. The van der Waals surface area contributed by atoms with Crippen LogP contribution in [-0.2, 0) is 5.41 Å². The summed E-state index contributed by atoms with van der Waals surface area (Å²) in [5.74, 6) is 0.832. The van der Waals surface area contributed by atoms with E-state index in [1.807, 2.05) is 89.5 Å². The maximum absolute atomic E-state index is 12.1. The summed E-state index contributed by atoms with van der Waals surface area (Å²) in [4.78, 5) is 10.3. The van der Waals surface area contributed by atoms with E-state index in [2.05, 4.69) is 78.8 Å². The highest BCUT2D eigenvalue weighted by atomic mass is 16.3. The summed E-state index contributed by atoms with van der Waals surface area (Å²) >= 11 is 0.